The third-order valence-electron chi connectivity index (χ3n) is 5.68. The third kappa shape index (κ3) is 3.52. The Morgan fingerprint density at radius 1 is 1.04 bits per heavy atom. The Kier molecular flexibility index (Phi) is 4.89. The Morgan fingerprint density at radius 3 is 2.46 bits per heavy atom. The van der Waals surface area contributed by atoms with Crippen molar-refractivity contribution >= 4 is 15.7 Å². The summed E-state index contributed by atoms with van der Waals surface area (Å²) >= 11 is 0. The molecular weight excluding hydrogens is 376 g/mol. The van der Waals surface area contributed by atoms with Crippen LogP contribution in [0.3, 0.4) is 0 Å². The van der Waals surface area contributed by atoms with Crippen LogP contribution in [-0.2, 0) is 9.84 Å². The molecule has 0 spiro atoms. The molecule has 0 aromatic heterocycles. The van der Waals surface area contributed by atoms with E-state index in [1.54, 1.807) is 29.2 Å². The van der Waals surface area contributed by atoms with Gasteiger partial charge < -0.3 is 14.5 Å². The summed E-state index contributed by atoms with van der Waals surface area (Å²) in [4.78, 5) is 16.7. The number of carbonyl (C=O) groups is 1. The lowest BCUT2D eigenvalue weighted by molar-refractivity contribution is 0.0779. The number of likely N-dealkylation sites (tertiary alicyclic amines) is 1. The largest absolute Gasteiger partial charge is 0.457 e. The summed E-state index contributed by atoms with van der Waals surface area (Å²) in [7, 11) is 0.625. The lowest BCUT2D eigenvalue weighted by Crippen LogP contribution is -2.38. The first kappa shape index (κ1) is 19.0. The summed E-state index contributed by atoms with van der Waals surface area (Å²) in [6.45, 7) is 0.731. The molecular formula is C21H24N2O4S. The molecule has 2 fully saturated rings. The molecule has 2 aromatic carbocycles. The summed E-state index contributed by atoms with van der Waals surface area (Å²) in [5, 5.41) is -0.465. The molecule has 2 aliphatic rings. The number of sulfone groups is 1. The van der Waals surface area contributed by atoms with E-state index in [-0.39, 0.29) is 30.2 Å². The van der Waals surface area contributed by atoms with Gasteiger partial charge in [0.05, 0.1) is 11.0 Å². The van der Waals surface area contributed by atoms with Crippen LogP contribution in [0.5, 0.6) is 11.5 Å². The fraction of sp³-hybridized carbons (Fsp3) is 0.381. The summed E-state index contributed by atoms with van der Waals surface area (Å²) in [5.41, 5.74) is 0.507. The number of para-hydroxylation sites is 1. The number of hydrogen-bond donors (Lipinski definition) is 0. The molecule has 0 radical (unpaired) electrons. The molecule has 0 aliphatic carbocycles. The van der Waals surface area contributed by atoms with Crippen molar-refractivity contribution in [2.45, 2.75) is 11.3 Å². The van der Waals surface area contributed by atoms with E-state index in [0.717, 1.165) is 0 Å². The van der Waals surface area contributed by atoms with Gasteiger partial charge in [-0.05, 0) is 44.4 Å². The van der Waals surface area contributed by atoms with Gasteiger partial charge >= 0.3 is 0 Å². The van der Waals surface area contributed by atoms with Gasteiger partial charge in [0.15, 0.2) is 9.84 Å². The van der Waals surface area contributed by atoms with Gasteiger partial charge in [-0.3, -0.25) is 4.79 Å². The Hall–Kier alpha value is -2.38. The molecule has 7 heteroatoms. The van der Waals surface area contributed by atoms with Crippen LogP contribution in [0.4, 0.5) is 0 Å². The quantitative estimate of drug-likeness (QED) is 0.788. The van der Waals surface area contributed by atoms with Crippen LogP contribution in [0.25, 0.3) is 0 Å². The van der Waals surface area contributed by atoms with Gasteiger partial charge in [0, 0.05) is 30.6 Å². The molecule has 2 heterocycles. The van der Waals surface area contributed by atoms with Gasteiger partial charge in [0.1, 0.15) is 11.5 Å². The van der Waals surface area contributed by atoms with Crippen LogP contribution in [0, 0.1) is 5.92 Å². The molecule has 28 heavy (non-hydrogen) atoms. The number of fused-ring (bicyclic) bond motifs is 1. The van der Waals surface area contributed by atoms with Crippen LogP contribution in [0.2, 0.25) is 0 Å². The summed E-state index contributed by atoms with van der Waals surface area (Å²) in [6.07, 6.45) is 0. The van der Waals surface area contributed by atoms with Crippen LogP contribution in [-0.4, -0.2) is 68.4 Å². The molecule has 4 rings (SSSR count). The van der Waals surface area contributed by atoms with Gasteiger partial charge in [-0.2, -0.15) is 0 Å². The zero-order valence-corrected chi connectivity index (χ0v) is 16.8. The highest BCUT2D eigenvalue weighted by Gasteiger charge is 2.53. The van der Waals surface area contributed by atoms with E-state index in [9.17, 15) is 13.2 Å². The van der Waals surface area contributed by atoms with Crippen molar-refractivity contribution < 1.29 is 17.9 Å². The molecule has 3 atom stereocenters. The maximum absolute atomic E-state index is 13.0. The van der Waals surface area contributed by atoms with E-state index in [0.29, 0.717) is 23.6 Å². The third-order valence-corrected chi connectivity index (χ3v) is 7.91. The smallest absolute Gasteiger partial charge is 0.254 e. The highest BCUT2D eigenvalue weighted by Crippen LogP contribution is 2.36. The van der Waals surface area contributed by atoms with Crippen molar-refractivity contribution in [2.75, 3.05) is 32.9 Å². The number of hydrogen-bond acceptors (Lipinski definition) is 5. The van der Waals surface area contributed by atoms with E-state index in [2.05, 4.69) is 0 Å². The minimum absolute atomic E-state index is 0.0345. The van der Waals surface area contributed by atoms with E-state index in [1.807, 2.05) is 49.3 Å². The van der Waals surface area contributed by atoms with E-state index < -0.39 is 15.1 Å². The predicted octanol–water partition coefficient (Wildman–Crippen LogP) is 2.28. The maximum Gasteiger partial charge on any atom is 0.254 e. The molecule has 0 saturated carbocycles. The maximum atomic E-state index is 13.0. The zero-order chi connectivity index (χ0) is 19.9. The standard InChI is InChI=1S/C21H24N2O4S/c1-22(2)19-14-28(25,26)20-13-23(12-18(19)20)21(24)15-7-6-10-17(11-15)27-16-8-4-3-5-9-16/h3-11,18-20H,12-14H2,1-2H3/t18-,19+,20-/m0/s1. The Bertz CT molecular complexity index is 975. The van der Waals surface area contributed by atoms with Crippen LogP contribution in [0.15, 0.2) is 54.6 Å². The highest BCUT2D eigenvalue weighted by atomic mass is 32.2. The number of rotatable bonds is 4. The van der Waals surface area contributed by atoms with E-state index in [4.69, 9.17) is 4.74 Å². The van der Waals surface area contributed by atoms with Gasteiger partial charge in [-0.15, -0.1) is 0 Å². The highest BCUT2D eigenvalue weighted by molar-refractivity contribution is 7.92. The first-order chi connectivity index (χ1) is 13.3. The molecule has 0 N–H and O–H groups in total. The second-order valence-corrected chi connectivity index (χ2v) is 9.98. The van der Waals surface area contributed by atoms with Crippen molar-refractivity contribution in [3.63, 3.8) is 0 Å². The van der Waals surface area contributed by atoms with E-state index in [1.165, 1.54) is 0 Å². The van der Waals surface area contributed by atoms with Crippen molar-refractivity contribution in [2.24, 2.45) is 5.92 Å². The fourth-order valence-electron chi connectivity index (χ4n) is 4.23. The fourth-order valence-corrected chi connectivity index (χ4v) is 6.71. The van der Waals surface area contributed by atoms with E-state index >= 15 is 0 Å². The van der Waals surface area contributed by atoms with Crippen LogP contribution in [0.1, 0.15) is 10.4 Å². The average molecular weight is 401 g/mol. The Labute approximate surface area is 165 Å². The van der Waals surface area contributed by atoms with Gasteiger partial charge in [-0.1, -0.05) is 24.3 Å². The number of nitrogens with zero attached hydrogens (tertiary/aromatic N) is 2. The van der Waals surface area contributed by atoms with Crippen molar-refractivity contribution in [3.05, 3.63) is 60.2 Å². The van der Waals surface area contributed by atoms with Gasteiger partial charge in [0.2, 0.25) is 0 Å². The topological polar surface area (TPSA) is 66.9 Å². The zero-order valence-electron chi connectivity index (χ0n) is 16.0. The molecule has 2 saturated heterocycles. The summed E-state index contributed by atoms with van der Waals surface area (Å²) in [6, 6.07) is 16.4. The molecule has 0 bridgehead atoms. The molecule has 2 aliphatic heterocycles. The second-order valence-electron chi connectivity index (χ2n) is 7.72. The second kappa shape index (κ2) is 7.22. The Morgan fingerprint density at radius 2 is 1.75 bits per heavy atom. The molecule has 6 nitrogen and oxygen atoms in total. The van der Waals surface area contributed by atoms with Gasteiger partial charge in [0.25, 0.3) is 5.91 Å². The van der Waals surface area contributed by atoms with Crippen LogP contribution >= 0.6 is 0 Å². The molecule has 0 unspecified atom stereocenters. The minimum Gasteiger partial charge on any atom is -0.457 e. The monoisotopic (exact) mass is 400 g/mol. The minimum atomic E-state index is -3.18. The number of carbonyl (C=O) groups excluding carboxylic acids is 1. The predicted molar refractivity (Wildman–Crippen MR) is 107 cm³/mol. The van der Waals surface area contributed by atoms with Crippen molar-refractivity contribution in [3.8, 4) is 11.5 Å². The van der Waals surface area contributed by atoms with Crippen molar-refractivity contribution in [1.82, 2.24) is 9.80 Å². The average Bonchev–Trinajstić information content (AvgIpc) is 3.21. The number of amides is 1. The number of benzene rings is 2. The Balaban J connectivity index is 1.52. The SMILES string of the molecule is CN(C)[C@@H]1CS(=O)(=O)[C@H]2CN(C(=O)c3cccc(Oc4ccccc4)c3)C[C@@H]12. The summed E-state index contributed by atoms with van der Waals surface area (Å²) in [5.74, 6) is 1.27. The first-order valence-corrected chi connectivity index (χ1v) is 11.1. The normalized spacial score (nSPS) is 25.7. The lowest BCUT2D eigenvalue weighted by Gasteiger charge is -2.25. The lowest BCUT2D eigenvalue weighted by atomic mass is 10.00. The first-order valence-electron chi connectivity index (χ1n) is 9.35. The molecule has 2 aromatic rings. The van der Waals surface area contributed by atoms with Gasteiger partial charge in [-0.25, -0.2) is 8.42 Å². The van der Waals surface area contributed by atoms with Crippen molar-refractivity contribution in [1.29, 1.82) is 0 Å². The summed E-state index contributed by atoms with van der Waals surface area (Å²) < 4.78 is 30.9. The number of ether oxygens (including phenoxy) is 1. The molecule has 1 amide bonds. The van der Waals surface area contributed by atoms with Crippen LogP contribution < -0.4 is 4.74 Å². The molecule has 148 valence electrons.